The van der Waals surface area contributed by atoms with Gasteiger partial charge in [0.2, 0.25) is 0 Å². The number of hydrogen-bond acceptors (Lipinski definition) is 8. The highest BCUT2D eigenvalue weighted by molar-refractivity contribution is 5.54. The van der Waals surface area contributed by atoms with Gasteiger partial charge in [-0.25, -0.2) is 32.5 Å². The topological polar surface area (TPSA) is 95.5 Å². The largest absolute Gasteiger partial charge is 0.491 e. The monoisotopic (exact) mass is 788 g/mol. The van der Waals surface area contributed by atoms with E-state index in [0.29, 0.717) is 18.1 Å². The third-order valence-corrected chi connectivity index (χ3v) is 10.1. The Morgan fingerprint density at radius 2 is 1.33 bits per heavy atom. The molecule has 2 atom stereocenters. The molecule has 2 unspecified atom stereocenters. The fraction of sp³-hybridized carbons (Fsp3) is 0.500. The summed E-state index contributed by atoms with van der Waals surface area (Å²) in [6.45, 7) is 20.8. The number of hydrogen-bond donors (Lipinski definition) is 0. The smallest absolute Gasteiger partial charge is 0.350 e. The zero-order valence-electron chi connectivity index (χ0n) is 35.1. The zero-order valence-corrected chi connectivity index (χ0v) is 35.1. The summed E-state index contributed by atoms with van der Waals surface area (Å²) in [5, 5.41) is 8.50. The van der Waals surface area contributed by atoms with Crippen LogP contribution in [-0.4, -0.2) is 68.5 Å². The van der Waals surface area contributed by atoms with Crippen LogP contribution in [0.3, 0.4) is 0 Å². The lowest BCUT2D eigenvalue weighted by molar-refractivity contribution is -0.0788. The van der Waals surface area contributed by atoms with E-state index in [1.807, 2.05) is 50.2 Å². The second-order valence-corrected chi connectivity index (χ2v) is 14.7. The van der Waals surface area contributed by atoms with Crippen LogP contribution < -0.4 is 20.2 Å². The molecule has 13 heteroatoms. The number of anilines is 2. The Balaban J connectivity index is 0.000000954. The van der Waals surface area contributed by atoms with Crippen LogP contribution in [0.5, 0.6) is 5.75 Å². The molecule has 0 bridgehead atoms. The highest BCUT2D eigenvalue weighted by Gasteiger charge is 2.35. The second kappa shape index (κ2) is 22.0. The third-order valence-electron chi connectivity index (χ3n) is 10.1. The number of piperazine rings is 1. The van der Waals surface area contributed by atoms with Crippen LogP contribution in [0.25, 0.3) is 5.69 Å². The number of benzene rings is 3. The Hall–Kier alpha value is -5.04. The van der Waals surface area contributed by atoms with E-state index in [1.165, 1.54) is 37.7 Å². The molecule has 2 aromatic heterocycles. The first-order valence-electron chi connectivity index (χ1n) is 20.4. The molecule has 3 heterocycles. The summed E-state index contributed by atoms with van der Waals surface area (Å²) in [5.74, 6) is -0.307. The summed E-state index contributed by atoms with van der Waals surface area (Å²) in [7, 11) is 0. The Kier molecular flexibility index (Phi) is 17.3. The highest BCUT2D eigenvalue weighted by atomic mass is 19.1. The van der Waals surface area contributed by atoms with E-state index >= 15 is 0 Å². The van der Waals surface area contributed by atoms with Crippen molar-refractivity contribution in [2.45, 2.75) is 99.3 Å². The molecule has 1 aliphatic rings. The van der Waals surface area contributed by atoms with Gasteiger partial charge >= 0.3 is 5.69 Å². The number of halogens is 2. The molecule has 1 saturated heterocycles. The number of rotatable bonds is 15. The van der Waals surface area contributed by atoms with Crippen molar-refractivity contribution >= 4 is 11.4 Å². The number of aromatic nitrogens is 6. The summed E-state index contributed by atoms with van der Waals surface area (Å²) < 4.78 is 45.7. The summed E-state index contributed by atoms with van der Waals surface area (Å²) in [6.07, 6.45) is 8.86. The molecule has 0 saturated carbocycles. The fourth-order valence-electron chi connectivity index (χ4n) is 6.30. The van der Waals surface area contributed by atoms with Crippen molar-refractivity contribution < 1.29 is 18.3 Å². The van der Waals surface area contributed by atoms with Gasteiger partial charge in [-0.05, 0) is 73.9 Å². The van der Waals surface area contributed by atoms with Gasteiger partial charge in [0, 0.05) is 49.2 Å². The zero-order chi connectivity index (χ0) is 41.4. The van der Waals surface area contributed by atoms with Crippen LogP contribution in [0.1, 0.15) is 92.7 Å². The minimum absolute atomic E-state index is 0.0228. The molecule has 1 aliphatic heterocycles. The molecular formula is C44H62F2N8O3. The van der Waals surface area contributed by atoms with Gasteiger partial charge in [-0.3, -0.25) is 0 Å². The normalized spacial score (nSPS) is 14.3. The van der Waals surface area contributed by atoms with E-state index in [2.05, 4.69) is 78.7 Å². The summed E-state index contributed by atoms with van der Waals surface area (Å²) in [4.78, 5) is 21.6. The molecule has 11 nitrogen and oxygen atoms in total. The van der Waals surface area contributed by atoms with E-state index in [4.69, 9.17) is 9.47 Å². The van der Waals surface area contributed by atoms with Gasteiger partial charge < -0.3 is 19.3 Å². The molecule has 0 spiro atoms. The number of ether oxygens (including phenoxy) is 2. The quantitative estimate of drug-likeness (QED) is 0.0971. The van der Waals surface area contributed by atoms with Crippen molar-refractivity contribution in [2.24, 2.45) is 5.92 Å². The maximum absolute atomic E-state index is 14.9. The van der Waals surface area contributed by atoms with Gasteiger partial charge in [0.15, 0.2) is 0 Å². The maximum Gasteiger partial charge on any atom is 0.350 e. The SMILES string of the molecule is CCC.CCC(Cn1cncn1)(OCCOc1ccc(N2CCN(c3ccc(-n4cnn(C(C)C(C)C)c4=O)cc3)CC2)cc1)c1ccc(F)cc1F.CCCC. The van der Waals surface area contributed by atoms with Gasteiger partial charge in [0.25, 0.3) is 0 Å². The third kappa shape index (κ3) is 12.0. The average Bonchev–Trinajstić information content (AvgIpc) is 3.89. The van der Waals surface area contributed by atoms with Crippen molar-refractivity contribution in [1.82, 2.24) is 29.1 Å². The lowest BCUT2D eigenvalue weighted by Crippen LogP contribution is -2.46. The predicted octanol–water partition coefficient (Wildman–Crippen LogP) is 9.07. The van der Waals surface area contributed by atoms with Gasteiger partial charge in [0.1, 0.15) is 48.6 Å². The van der Waals surface area contributed by atoms with Crippen molar-refractivity contribution in [1.29, 1.82) is 0 Å². The van der Waals surface area contributed by atoms with Crippen LogP contribution in [-0.2, 0) is 16.9 Å². The molecule has 0 radical (unpaired) electrons. The predicted molar refractivity (Wildman–Crippen MR) is 225 cm³/mol. The van der Waals surface area contributed by atoms with E-state index in [-0.39, 0.29) is 37.1 Å². The van der Waals surface area contributed by atoms with E-state index < -0.39 is 17.2 Å². The first-order valence-corrected chi connectivity index (χ1v) is 20.4. The molecule has 5 aromatic rings. The van der Waals surface area contributed by atoms with Crippen LogP contribution in [0, 0.1) is 17.6 Å². The maximum atomic E-state index is 14.9. The summed E-state index contributed by atoms with van der Waals surface area (Å²) in [5.41, 5.74) is 2.07. The van der Waals surface area contributed by atoms with Crippen LogP contribution >= 0.6 is 0 Å². The summed E-state index contributed by atoms with van der Waals surface area (Å²) >= 11 is 0. The molecule has 57 heavy (non-hydrogen) atoms. The molecule has 1 fully saturated rings. The summed E-state index contributed by atoms with van der Waals surface area (Å²) in [6, 6.07) is 19.6. The molecule has 0 N–H and O–H groups in total. The highest BCUT2D eigenvalue weighted by Crippen LogP contribution is 2.34. The average molecular weight is 789 g/mol. The minimum Gasteiger partial charge on any atom is -0.491 e. The molecule has 0 aliphatic carbocycles. The van der Waals surface area contributed by atoms with E-state index in [9.17, 15) is 13.6 Å². The van der Waals surface area contributed by atoms with Crippen molar-refractivity contribution in [3.05, 3.63) is 113 Å². The Labute approximate surface area is 337 Å². The molecule has 0 amide bonds. The number of nitrogens with zero attached hydrogens (tertiary/aromatic N) is 8. The van der Waals surface area contributed by atoms with E-state index in [0.717, 1.165) is 49.3 Å². The lowest BCUT2D eigenvalue weighted by Gasteiger charge is -2.37. The molecule has 310 valence electrons. The van der Waals surface area contributed by atoms with Crippen molar-refractivity contribution in [2.75, 3.05) is 49.2 Å². The van der Waals surface area contributed by atoms with Crippen molar-refractivity contribution in [3.8, 4) is 11.4 Å². The number of unbranched alkanes of at least 4 members (excludes halogenated alkanes) is 1. The minimum atomic E-state index is -1.08. The fourth-order valence-corrected chi connectivity index (χ4v) is 6.30. The molecule has 3 aromatic carbocycles. The van der Waals surface area contributed by atoms with Gasteiger partial charge in [0.05, 0.1) is 24.9 Å². The van der Waals surface area contributed by atoms with Crippen molar-refractivity contribution in [3.63, 3.8) is 0 Å². The lowest BCUT2D eigenvalue weighted by atomic mass is 9.90. The van der Waals surface area contributed by atoms with Crippen LogP contribution in [0.15, 0.2) is 90.5 Å². The first-order chi connectivity index (χ1) is 27.5. The Bertz CT molecular complexity index is 1940. The van der Waals surface area contributed by atoms with Gasteiger partial charge in [-0.2, -0.15) is 10.2 Å². The van der Waals surface area contributed by atoms with Crippen LogP contribution in [0.2, 0.25) is 0 Å². The molecule has 6 rings (SSSR count). The first kappa shape index (κ1) is 44.7. The standard InChI is InChI=1S/C37H44F2N8O3.C4H10.C3H8/c1-5-37(23-45-25-40-24-41-45,34-15-6-29(38)22-35(34)39)50-21-20-49-33-13-11-31(12-14-33)44-18-16-43(17-19-44)30-7-9-32(10-8-30)46-26-42-47(36(46)48)28(4)27(2)3;1-3-4-2;1-3-2/h6-15,22,24-28H,5,16-21,23H2,1-4H3;3-4H2,1-2H3;3H2,1-2H3. The molecular weight excluding hydrogens is 727 g/mol. The van der Waals surface area contributed by atoms with Gasteiger partial charge in [-0.15, -0.1) is 0 Å². The van der Waals surface area contributed by atoms with Crippen LogP contribution in [0.4, 0.5) is 20.2 Å². The van der Waals surface area contributed by atoms with Gasteiger partial charge in [-0.1, -0.05) is 73.8 Å². The Morgan fingerprint density at radius 1 is 0.754 bits per heavy atom. The van der Waals surface area contributed by atoms with E-state index in [1.54, 1.807) is 26.6 Å². The Morgan fingerprint density at radius 3 is 1.84 bits per heavy atom. The second-order valence-electron chi connectivity index (χ2n) is 14.7.